The summed E-state index contributed by atoms with van der Waals surface area (Å²) in [4.78, 5) is 25.3. The van der Waals surface area contributed by atoms with Crippen molar-refractivity contribution >= 4 is 32.6 Å². The van der Waals surface area contributed by atoms with Gasteiger partial charge in [0, 0.05) is 45.0 Å². The molecule has 1 N–H and O–H groups in total. The van der Waals surface area contributed by atoms with Crippen molar-refractivity contribution in [3.05, 3.63) is 42.2 Å². The van der Waals surface area contributed by atoms with Crippen LogP contribution in [0, 0.1) is 0 Å². The van der Waals surface area contributed by atoms with Gasteiger partial charge in [-0.1, -0.05) is 11.3 Å². The highest BCUT2D eigenvalue weighted by Gasteiger charge is 2.23. The Hall–Kier alpha value is -2.71. The van der Waals surface area contributed by atoms with Gasteiger partial charge in [0.1, 0.15) is 17.2 Å². The molecule has 0 spiro atoms. The summed E-state index contributed by atoms with van der Waals surface area (Å²) in [5.74, 6) is 1.04. The Bertz CT molecular complexity index is 1020. The van der Waals surface area contributed by atoms with E-state index in [-0.39, 0.29) is 5.91 Å². The molecule has 7 nitrogen and oxygen atoms in total. The molecule has 3 heterocycles. The van der Waals surface area contributed by atoms with Crippen LogP contribution in [0.15, 0.2) is 36.5 Å². The molecular formula is C21H25N5O2S. The van der Waals surface area contributed by atoms with Gasteiger partial charge in [-0.3, -0.25) is 9.78 Å². The first-order valence-corrected chi connectivity index (χ1v) is 10.5. The number of hydrogen-bond donors (Lipinski definition) is 1. The molecule has 0 bridgehead atoms. The number of anilines is 1. The zero-order valence-electron chi connectivity index (χ0n) is 16.9. The maximum atomic E-state index is 11.8. The fourth-order valence-corrected chi connectivity index (χ4v) is 4.61. The van der Waals surface area contributed by atoms with Crippen LogP contribution in [0.4, 0.5) is 5.13 Å². The van der Waals surface area contributed by atoms with E-state index in [1.807, 2.05) is 18.2 Å². The number of carbonyl (C=O) groups is 1. The van der Waals surface area contributed by atoms with Crippen LogP contribution >= 0.6 is 11.3 Å². The molecule has 4 rings (SSSR count). The zero-order chi connectivity index (χ0) is 20.4. The number of nitrogens with zero attached hydrogens (tertiary/aromatic N) is 4. The first kappa shape index (κ1) is 19.6. The van der Waals surface area contributed by atoms with Crippen LogP contribution < -0.4 is 15.0 Å². The van der Waals surface area contributed by atoms with Gasteiger partial charge >= 0.3 is 0 Å². The molecule has 1 atom stereocenters. The second-order valence-corrected chi connectivity index (χ2v) is 8.36. The molecule has 0 saturated carbocycles. The summed E-state index contributed by atoms with van der Waals surface area (Å²) >= 11 is 1.68. The molecule has 3 aromatic rings. The molecule has 152 valence electrons. The number of benzene rings is 1. The SMILES string of the molecule is CNC(=O)c1cc(Oc2ccc3nc(N(C)C4CCCN(C)C4)sc3c2)ccn1. The van der Waals surface area contributed by atoms with E-state index < -0.39 is 0 Å². The Morgan fingerprint density at radius 2 is 2.14 bits per heavy atom. The van der Waals surface area contributed by atoms with Crippen molar-refractivity contribution in [2.45, 2.75) is 18.9 Å². The van der Waals surface area contributed by atoms with Crippen LogP contribution in [-0.4, -0.2) is 61.0 Å². The predicted octanol–water partition coefficient (Wildman–Crippen LogP) is 3.37. The minimum absolute atomic E-state index is 0.241. The van der Waals surface area contributed by atoms with Crippen LogP contribution in [0.1, 0.15) is 23.3 Å². The smallest absolute Gasteiger partial charge is 0.269 e. The highest BCUT2D eigenvalue weighted by atomic mass is 32.1. The van der Waals surface area contributed by atoms with Crippen molar-refractivity contribution < 1.29 is 9.53 Å². The number of fused-ring (bicyclic) bond motifs is 1. The number of ether oxygens (including phenoxy) is 1. The summed E-state index contributed by atoms with van der Waals surface area (Å²) < 4.78 is 7.04. The molecular weight excluding hydrogens is 386 g/mol. The summed E-state index contributed by atoms with van der Waals surface area (Å²) in [6.07, 6.45) is 3.98. The fourth-order valence-electron chi connectivity index (χ4n) is 3.58. The lowest BCUT2D eigenvalue weighted by molar-refractivity contribution is 0.0958. The molecule has 1 fully saturated rings. The van der Waals surface area contributed by atoms with Crippen molar-refractivity contribution in [2.75, 3.05) is 39.1 Å². The maximum Gasteiger partial charge on any atom is 0.269 e. The number of rotatable bonds is 5. The first-order chi connectivity index (χ1) is 14.0. The fraction of sp³-hybridized carbons (Fsp3) is 0.381. The molecule has 1 amide bonds. The van der Waals surface area contributed by atoms with E-state index in [9.17, 15) is 4.79 Å². The van der Waals surface area contributed by atoms with Gasteiger partial charge in [-0.15, -0.1) is 0 Å². The lowest BCUT2D eigenvalue weighted by atomic mass is 10.1. The monoisotopic (exact) mass is 411 g/mol. The van der Waals surface area contributed by atoms with Gasteiger partial charge in [0.15, 0.2) is 5.13 Å². The number of carbonyl (C=O) groups excluding carboxylic acids is 1. The molecule has 1 unspecified atom stereocenters. The van der Waals surface area contributed by atoms with E-state index in [0.717, 1.165) is 21.9 Å². The number of pyridine rings is 1. The molecule has 1 aliphatic rings. The highest BCUT2D eigenvalue weighted by Crippen LogP contribution is 2.34. The van der Waals surface area contributed by atoms with E-state index in [4.69, 9.17) is 9.72 Å². The summed E-state index contributed by atoms with van der Waals surface area (Å²) in [7, 11) is 5.89. The summed E-state index contributed by atoms with van der Waals surface area (Å²) in [5, 5.41) is 3.60. The van der Waals surface area contributed by atoms with E-state index in [0.29, 0.717) is 23.2 Å². The summed E-state index contributed by atoms with van der Waals surface area (Å²) in [5.41, 5.74) is 1.29. The third-order valence-corrected chi connectivity index (χ3v) is 6.33. The van der Waals surface area contributed by atoms with E-state index in [1.165, 1.54) is 19.4 Å². The number of nitrogens with one attached hydrogen (secondary N) is 1. The third-order valence-electron chi connectivity index (χ3n) is 5.22. The second kappa shape index (κ2) is 8.34. The molecule has 8 heteroatoms. The quantitative estimate of drug-likeness (QED) is 0.694. The predicted molar refractivity (Wildman–Crippen MR) is 116 cm³/mol. The van der Waals surface area contributed by atoms with Gasteiger partial charge in [0.2, 0.25) is 0 Å². The topological polar surface area (TPSA) is 70.6 Å². The number of hydrogen-bond acceptors (Lipinski definition) is 7. The number of thiazole rings is 1. The van der Waals surface area contributed by atoms with E-state index in [2.05, 4.69) is 34.2 Å². The Balaban J connectivity index is 1.53. The average molecular weight is 412 g/mol. The van der Waals surface area contributed by atoms with Crippen LogP contribution in [0.5, 0.6) is 11.5 Å². The second-order valence-electron chi connectivity index (χ2n) is 7.35. The number of aromatic nitrogens is 2. The number of likely N-dealkylation sites (tertiary alicyclic amines) is 1. The van der Waals surface area contributed by atoms with Crippen molar-refractivity contribution in [1.82, 2.24) is 20.2 Å². The van der Waals surface area contributed by atoms with Gasteiger partial charge in [-0.25, -0.2) is 4.98 Å². The van der Waals surface area contributed by atoms with E-state index >= 15 is 0 Å². The molecule has 0 radical (unpaired) electrons. The normalized spacial score (nSPS) is 17.3. The Kier molecular flexibility index (Phi) is 5.64. The van der Waals surface area contributed by atoms with Gasteiger partial charge in [0.05, 0.1) is 10.2 Å². The summed E-state index contributed by atoms with van der Waals surface area (Å²) in [6.45, 7) is 2.23. The average Bonchev–Trinajstić information content (AvgIpc) is 3.16. The molecule has 1 saturated heterocycles. The largest absolute Gasteiger partial charge is 0.457 e. The number of amides is 1. The lowest BCUT2D eigenvalue weighted by Gasteiger charge is -2.35. The van der Waals surface area contributed by atoms with Crippen molar-refractivity contribution in [1.29, 1.82) is 0 Å². The van der Waals surface area contributed by atoms with Gasteiger partial charge < -0.3 is 19.9 Å². The third kappa shape index (κ3) is 4.33. The minimum Gasteiger partial charge on any atom is -0.457 e. The van der Waals surface area contributed by atoms with Gasteiger partial charge in [0.25, 0.3) is 5.91 Å². The highest BCUT2D eigenvalue weighted by molar-refractivity contribution is 7.22. The molecule has 0 aliphatic carbocycles. The van der Waals surface area contributed by atoms with Crippen LogP contribution in [-0.2, 0) is 0 Å². The van der Waals surface area contributed by atoms with Crippen LogP contribution in [0.3, 0.4) is 0 Å². The Labute approximate surface area is 174 Å². The Morgan fingerprint density at radius 3 is 2.93 bits per heavy atom. The molecule has 1 aromatic carbocycles. The number of piperidine rings is 1. The van der Waals surface area contributed by atoms with Crippen LogP contribution in [0.25, 0.3) is 10.2 Å². The van der Waals surface area contributed by atoms with Crippen molar-refractivity contribution in [3.63, 3.8) is 0 Å². The number of likely N-dealkylation sites (N-methyl/N-ethyl adjacent to an activating group) is 2. The standard InChI is InChI=1S/C21H25N5O2S/c1-22-20(27)18-11-16(8-9-23-18)28-15-6-7-17-19(12-15)29-21(24-17)26(3)14-5-4-10-25(2)13-14/h6-9,11-12,14H,4-5,10,13H2,1-3H3,(H,22,27). The van der Waals surface area contributed by atoms with Gasteiger partial charge in [-0.05, 0) is 44.6 Å². The van der Waals surface area contributed by atoms with Crippen molar-refractivity contribution in [2.24, 2.45) is 0 Å². The maximum absolute atomic E-state index is 11.8. The molecule has 1 aliphatic heterocycles. The summed E-state index contributed by atoms with van der Waals surface area (Å²) in [6, 6.07) is 9.74. The first-order valence-electron chi connectivity index (χ1n) is 9.71. The van der Waals surface area contributed by atoms with Crippen LogP contribution in [0.2, 0.25) is 0 Å². The molecule has 29 heavy (non-hydrogen) atoms. The van der Waals surface area contributed by atoms with E-state index in [1.54, 1.807) is 36.7 Å². The molecule has 2 aromatic heterocycles. The van der Waals surface area contributed by atoms with Gasteiger partial charge in [-0.2, -0.15) is 0 Å². The Morgan fingerprint density at radius 1 is 1.31 bits per heavy atom. The minimum atomic E-state index is -0.241. The lowest BCUT2D eigenvalue weighted by Crippen LogP contribution is -2.45. The zero-order valence-corrected chi connectivity index (χ0v) is 17.7. The van der Waals surface area contributed by atoms with Crippen molar-refractivity contribution in [3.8, 4) is 11.5 Å².